The predicted molar refractivity (Wildman–Crippen MR) is 93.6 cm³/mol. The molecule has 0 radical (unpaired) electrons. The number of fused-ring (bicyclic) bond motifs is 1. The molecule has 2 fully saturated rings. The highest BCUT2D eigenvalue weighted by molar-refractivity contribution is 9.10. The molecule has 2 aromatic rings. The first kappa shape index (κ1) is 14.6. The maximum absolute atomic E-state index is 6.26. The number of benzene rings is 2. The summed E-state index contributed by atoms with van der Waals surface area (Å²) in [7, 11) is 0. The molecule has 3 atom stereocenters. The number of rotatable bonds is 4. The second-order valence-corrected chi connectivity index (χ2v) is 7.85. The van der Waals surface area contributed by atoms with Crippen LogP contribution in [0.3, 0.4) is 0 Å². The summed E-state index contributed by atoms with van der Waals surface area (Å²) in [6.45, 7) is 0. The Morgan fingerprint density at radius 3 is 2.45 bits per heavy atom. The van der Waals surface area contributed by atoms with Crippen LogP contribution in [0.25, 0.3) is 0 Å². The van der Waals surface area contributed by atoms with Gasteiger partial charge in [0.1, 0.15) is 5.75 Å². The molecule has 0 heterocycles. The second-order valence-electron chi connectivity index (χ2n) is 6.52. The third kappa shape index (κ3) is 3.18. The van der Waals surface area contributed by atoms with Gasteiger partial charge >= 0.3 is 0 Å². The Morgan fingerprint density at radius 1 is 1.00 bits per heavy atom. The fourth-order valence-electron chi connectivity index (χ4n) is 3.53. The fraction of sp³-hybridized carbons (Fsp3) is 0.368. The summed E-state index contributed by atoms with van der Waals surface area (Å²) < 4.78 is 7.15. The van der Waals surface area contributed by atoms with E-state index in [1.165, 1.54) is 24.8 Å². The molecular formula is C19H18BrClO. The van der Waals surface area contributed by atoms with E-state index in [2.05, 4.69) is 46.3 Å². The molecule has 1 nitrogen and oxygen atoms in total. The zero-order valence-corrected chi connectivity index (χ0v) is 14.6. The minimum atomic E-state index is 0.439. The Morgan fingerprint density at radius 2 is 1.73 bits per heavy atom. The van der Waals surface area contributed by atoms with Crippen LogP contribution in [0.5, 0.6) is 5.75 Å². The monoisotopic (exact) mass is 376 g/mol. The van der Waals surface area contributed by atoms with E-state index in [9.17, 15) is 0 Å². The lowest BCUT2D eigenvalue weighted by molar-refractivity contribution is 0.194. The predicted octanol–water partition coefficient (Wildman–Crippen LogP) is 5.87. The van der Waals surface area contributed by atoms with Crippen LogP contribution in [0.2, 0.25) is 5.02 Å². The van der Waals surface area contributed by atoms with Crippen molar-refractivity contribution in [2.24, 2.45) is 11.8 Å². The lowest BCUT2D eigenvalue weighted by Gasteiger charge is -2.15. The van der Waals surface area contributed by atoms with Crippen molar-refractivity contribution in [2.75, 3.05) is 0 Å². The summed E-state index contributed by atoms with van der Waals surface area (Å²) in [5.74, 6) is 2.92. The van der Waals surface area contributed by atoms with Crippen LogP contribution in [0.4, 0.5) is 0 Å². The lowest BCUT2D eigenvalue weighted by Crippen LogP contribution is -2.13. The highest BCUT2D eigenvalue weighted by atomic mass is 79.9. The molecule has 0 saturated heterocycles. The molecule has 114 valence electrons. The summed E-state index contributed by atoms with van der Waals surface area (Å²) >= 11 is 9.76. The van der Waals surface area contributed by atoms with Crippen molar-refractivity contribution in [3.63, 3.8) is 0 Å². The zero-order valence-electron chi connectivity index (χ0n) is 12.3. The molecule has 3 heteroatoms. The van der Waals surface area contributed by atoms with Crippen molar-refractivity contribution in [1.29, 1.82) is 0 Å². The Kier molecular flexibility index (Phi) is 3.91. The molecule has 0 aliphatic heterocycles. The van der Waals surface area contributed by atoms with Gasteiger partial charge in [-0.05, 0) is 79.0 Å². The zero-order chi connectivity index (χ0) is 15.1. The van der Waals surface area contributed by atoms with E-state index >= 15 is 0 Å². The molecule has 1 unspecified atom stereocenters. The Labute approximate surface area is 144 Å². The normalized spacial score (nSPS) is 25.8. The average molecular weight is 378 g/mol. The van der Waals surface area contributed by atoms with Gasteiger partial charge in [0.2, 0.25) is 0 Å². The van der Waals surface area contributed by atoms with Gasteiger partial charge in [0, 0.05) is 9.50 Å². The van der Waals surface area contributed by atoms with E-state index in [-0.39, 0.29) is 0 Å². The summed E-state index contributed by atoms with van der Waals surface area (Å²) in [4.78, 5) is 0. The first-order valence-electron chi connectivity index (χ1n) is 7.87. The van der Waals surface area contributed by atoms with Gasteiger partial charge in [-0.25, -0.2) is 0 Å². The Hall–Kier alpha value is -0.990. The maximum Gasteiger partial charge on any atom is 0.119 e. The van der Waals surface area contributed by atoms with Crippen molar-refractivity contribution in [1.82, 2.24) is 0 Å². The number of ether oxygens (including phenoxy) is 1. The molecule has 22 heavy (non-hydrogen) atoms. The number of hydrogen-bond donors (Lipinski definition) is 0. The van der Waals surface area contributed by atoms with Gasteiger partial charge in [0.05, 0.1) is 6.10 Å². The molecule has 0 spiro atoms. The SMILES string of the molecule is Clc1ccc(Br)cc1Cc1ccc(O[C@@H]2CC3C[C@@H]3C2)cc1. The molecule has 2 saturated carbocycles. The highest BCUT2D eigenvalue weighted by Gasteiger charge is 2.46. The second kappa shape index (κ2) is 5.90. The van der Waals surface area contributed by atoms with Crippen molar-refractivity contribution < 1.29 is 4.74 Å². The van der Waals surface area contributed by atoms with Crippen molar-refractivity contribution in [3.8, 4) is 5.75 Å². The Bertz CT molecular complexity index is 672. The van der Waals surface area contributed by atoms with E-state index in [0.717, 1.165) is 39.1 Å². The number of halogens is 2. The molecule has 0 amide bonds. The van der Waals surface area contributed by atoms with Crippen molar-refractivity contribution in [2.45, 2.75) is 31.8 Å². The fourth-order valence-corrected chi connectivity index (χ4v) is 4.13. The van der Waals surface area contributed by atoms with Crippen LogP contribution in [0.15, 0.2) is 46.9 Å². The largest absolute Gasteiger partial charge is 0.490 e. The van der Waals surface area contributed by atoms with Gasteiger partial charge in [0.25, 0.3) is 0 Å². The first-order valence-corrected chi connectivity index (χ1v) is 9.04. The van der Waals surface area contributed by atoms with E-state index in [0.29, 0.717) is 6.10 Å². The van der Waals surface area contributed by atoms with Crippen LogP contribution in [0, 0.1) is 11.8 Å². The van der Waals surface area contributed by atoms with E-state index in [1.54, 1.807) is 0 Å². The summed E-state index contributed by atoms with van der Waals surface area (Å²) in [6.07, 6.45) is 5.22. The third-order valence-electron chi connectivity index (χ3n) is 4.83. The topological polar surface area (TPSA) is 9.23 Å². The molecule has 0 N–H and O–H groups in total. The van der Waals surface area contributed by atoms with Crippen LogP contribution in [-0.2, 0) is 6.42 Å². The van der Waals surface area contributed by atoms with Crippen LogP contribution in [0.1, 0.15) is 30.4 Å². The standard InChI is InChI=1S/C19H18BrClO/c20-16-3-6-19(21)15(9-16)7-12-1-4-17(5-2-12)22-18-10-13-8-14(13)11-18/h1-6,9,13-14,18H,7-8,10-11H2/t13-,14?,18+/m1/s1. The first-order chi connectivity index (χ1) is 10.7. The molecule has 0 aromatic heterocycles. The van der Waals surface area contributed by atoms with E-state index < -0.39 is 0 Å². The maximum atomic E-state index is 6.26. The summed E-state index contributed by atoms with van der Waals surface area (Å²) in [5.41, 5.74) is 2.39. The van der Waals surface area contributed by atoms with Gasteiger partial charge in [0.15, 0.2) is 0 Å². The Balaban J connectivity index is 1.41. The minimum Gasteiger partial charge on any atom is -0.490 e. The van der Waals surface area contributed by atoms with E-state index in [1.807, 2.05) is 12.1 Å². The molecular weight excluding hydrogens is 360 g/mol. The molecule has 2 aliphatic carbocycles. The lowest BCUT2D eigenvalue weighted by atomic mass is 10.0. The van der Waals surface area contributed by atoms with Gasteiger partial charge in [-0.3, -0.25) is 0 Å². The third-order valence-corrected chi connectivity index (χ3v) is 5.69. The molecule has 2 aromatic carbocycles. The van der Waals surface area contributed by atoms with Crippen molar-refractivity contribution in [3.05, 3.63) is 63.1 Å². The van der Waals surface area contributed by atoms with Gasteiger partial charge in [-0.2, -0.15) is 0 Å². The molecule has 4 rings (SSSR count). The smallest absolute Gasteiger partial charge is 0.119 e. The molecule has 2 aliphatic rings. The van der Waals surface area contributed by atoms with E-state index in [4.69, 9.17) is 16.3 Å². The summed E-state index contributed by atoms with van der Waals surface area (Å²) in [5, 5.41) is 0.814. The van der Waals surface area contributed by atoms with Crippen LogP contribution in [-0.4, -0.2) is 6.10 Å². The molecule has 0 bridgehead atoms. The van der Waals surface area contributed by atoms with Crippen molar-refractivity contribution >= 4 is 27.5 Å². The quantitative estimate of drug-likeness (QED) is 0.647. The van der Waals surface area contributed by atoms with Crippen LogP contribution < -0.4 is 4.74 Å². The summed E-state index contributed by atoms with van der Waals surface area (Å²) in [6, 6.07) is 14.4. The number of hydrogen-bond acceptors (Lipinski definition) is 1. The average Bonchev–Trinajstić information content (AvgIpc) is 3.12. The van der Waals surface area contributed by atoms with Gasteiger partial charge < -0.3 is 4.74 Å². The van der Waals surface area contributed by atoms with Gasteiger partial charge in [-0.15, -0.1) is 0 Å². The van der Waals surface area contributed by atoms with Gasteiger partial charge in [-0.1, -0.05) is 39.7 Å². The minimum absolute atomic E-state index is 0.439. The van der Waals surface area contributed by atoms with Crippen LogP contribution >= 0.6 is 27.5 Å². The highest BCUT2D eigenvalue weighted by Crippen LogP contribution is 2.52.